The molecule has 56 valence electrons. The molecule has 1 rings (SSSR count). The van der Waals surface area contributed by atoms with Crippen LogP contribution in [0.25, 0.3) is 0 Å². The Hall–Kier alpha value is -0.790. The smallest absolute Gasteiger partial charge is 0.333 e. The number of allylic oxidation sites excluding steroid dienone is 1. The molecule has 0 aliphatic heterocycles. The van der Waals surface area contributed by atoms with Crippen LogP contribution in [0.1, 0.15) is 26.2 Å². The average Bonchev–Trinajstić information content (AvgIpc) is 2.34. The van der Waals surface area contributed by atoms with Crippen LogP contribution in [0.5, 0.6) is 0 Å². The molecular weight excluding hydrogens is 128 g/mol. The largest absolute Gasteiger partial charge is 0.466 e. The van der Waals surface area contributed by atoms with Crippen LogP contribution < -0.4 is 0 Å². The van der Waals surface area contributed by atoms with E-state index in [1.54, 1.807) is 0 Å². The third kappa shape index (κ3) is 1.20. The standard InChI is InChI=1S/C8H12O2/c1-6-4-3-5-7(6)8(9)10-2/h3-5H2,1-2H3. The molecule has 0 bridgehead atoms. The van der Waals surface area contributed by atoms with Gasteiger partial charge in [-0.15, -0.1) is 0 Å². The molecule has 0 saturated carbocycles. The van der Waals surface area contributed by atoms with E-state index in [-0.39, 0.29) is 5.97 Å². The van der Waals surface area contributed by atoms with E-state index in [2.05, 4.69) is 4.74 Å². The van der Waals surface area contributed by atoms with Crippen molar-refractivity contribution < 1.29 is 9.53 Å². The van der Waals surface area contributed by atoms with E-state index in [1.165, 1.54) is 12.7 Å². The van der Waals surface area contributed by atoms with Crippen molar-refractivity contribution in [1.29, 1.82) is 0 Å². The van der Waals surface area contributed by atoms with Gasteiger partial charge in [-0.3, -0.25) is 0 Å². The third-order valence-electron chi connectivity index (χ3n) is 1.93. The second-order valence-corrected chi connectivity index (χ2v) is 2.60. The number of ether oxygens (including phenoxy) is 1. The lowest BCUT2D eigenvalue weighted by molar-refractivity contribution is -0.136. The Morgan fingerprint density at radius 3 is 2.60 bits per heavy atom. The van der Waals surface area contributed by atoms with Gasteiger partial charge in [0, 0.05) is 5.57 Å². The first-order valence-corrected chi connectivity index (χ1v) is 3.52. The van der Waals surface area contributed by atoms with Gasteiger partial charge in [-0.25, -0.2) is 4.79 Å². The summed E-state index contributed by atoms with van der Waals surface area (Å²) in [5.41, 5.74) is 2.09. The maximum atomic E-state index is 10.9. The fourth-order valence-corrected chi connectivity index (χ4v) is 1.29. The minimum absolute atomic E-state index is 0.144. The second kappa shape index (κ2) is 2.86. The van der Waals surface area contributed by atoms with E-state index >= 15 is 0 Å². The number of hydrogen-bond donors (Lipinski definition) is 0. The summed E-state index contributed by atoms with van der Waals surface area (Å²) >= 11 is 0. The molecule has 2 heteroatoms. The Morgan fingerprint density at radius 1 is 1.50 bits per heavy atom. The first-order valence-electron chi connectivity index (χ1n) is 3.52. The summed E-state index contributed by atoms with van der Waals surface area (Å²) in [6.45, 7) is 2.00. The highest BCUT2D eigenvalue weighted by Gasteiger charge is 2.17. The number of rotatable bonds is 1. The fraction of sp³-hybridized carbons (Fsp3) is 0.625. The van der Waals surface area contributed by atoms with E-state index < -0.39 is 0 Å². The summed E-state index contributed by atoms with van der Waals surface area (Å²) in [7, 11) is 1.43. The zero-order chi connectivity index (χ0) is 7.56. The van der Waals surface area contributed by atoms with Crippen LogP contribution in [0.15, 0.2) is 11.1 Å². The first kappa shape index (κ1) is 7.32. The molecule has 0 aromatic heterocycles. The van der Waals surface area contributed by atoms with Gasteiger partial charge in [0.25, 0.3) is 0 Å². The molecule has 0 aromatic rings. The van der Waals surface area contributed by atoms with Crippen molar-refractivity contribution in [2.45, 2.75) is 26.2 Å². The van der Waals surface area contributed by atoms with Crippen LogP contribution in [-0.2, 0) is 9.53 Å². The maximum Gasteiger partial charge on any atom is 0.333 e. The van der Waals surface area contributed by atoms with Crippen molar-refractivity contribution in [3.8, 4) is 0 Å². The fourth-order valence-electron chi connectivity index (χ4n) is 1.29. The van der Waals surface area contributed by atoms with Crippen LogP contribution in [0.4, 0.5) is 0 Å². The minimum Gasteiger partial charge on any atom is -0.466 e. The summed E-state index contributed by atoms with van der Waals surface area (Å²) in [4.78, 5) is 10.9. The molecule has 1 aliphatic rings. The Morgan fingerprint density at radius 2 is 2.20 bits per heavy atom. The predicted octanol–water partition coefficient (Wildman–Crippen LogP) is 1.66. The summed E-state index contributed by atoms with van der Waals surface area (Å²) in [5.74, 6) is -0.144. The average molecular weight is 140 g/mol. The first-order chi connectivity index (χ1) is 4.75. The highest BCUT2D eigenvalue weighted by molar-refractivity contribution is 5.89. The summed E-state index contributed by atoms with van der Waals surface area (Å²) in [6, 6.07) is 0. The lowest BCUT2D eigenvalue weighted by Crippen LogP contribution is -2.03. The highest BCUT2D eigenvalue weighted by Crippen LogP contribution is 2.25. The van der Waals surface area contributed by atoms with Gasteiger partial charge in [-0.2, -0.15) is 0 Å². The molecule has 0 unspecified atom stereocenters. The lowest BCUT2D eigenvalue weighted by atomic mass is 10.2. The Bertz CT molecular complexity index is 180. The van der Waals surface area contributed by atoms with Crippen molar-refractivity contribution in [2.75, 3.05) is 7.11 Å². The molecule has 1 aliphatic carbocycles. The zero-order valence-corrected chi connectivity index (χ0v) is 6.44. The number of esters is 1. The van der Waals surface area contributed by atoms with Gasteiger partial charge in [0.1, 0.15) is 0 Å². The van der Waals surface area contributed by atoms with Crippen LogP contribution in [-0.4, -0.2) is 13.1 Å². The molecule has 2 nitrogen and oxygen atoms in total. The lowest BCUT2D eigenvalue weighted by Gasteiger charge is -1.98. The molecule has 0 saturated heterocycles. The highest BCUT2D eigenvalue weighted by atomic mass is 16.5. The normalized spacial score (nSPS) is 17.8. The van der Waals surface area contributed by atoms with Gasteiger partial charge in [-0.05, 0) is 26.2 Å². The Labute approximate surface area is 60.9 Å². The van der Waals surface area contributed by atoms with Crippen molar-refractivity contribution in [3.05, 3.63) is 11.1 Å². The summed E-state index contributed by atoms with van der Waals surface area (Å²) in [5, 5.41) is 0. The molecule has 0 spiro atoms. The number of hydrogen-bond acceptors (Lipinski definition) is 2. The van der Waals surface area contributed by atoms with Crippen molar-refractivity contribution >= 4 is 5.97 Å². The molecular formula is C8H12O2. The zero-order valence-electron chi connectivity index (χ0n) is 6.44. The molecule has 0 radical (unpaired) electrons. The van der Waals surface area contributed by atoms with Gasteiger partial charge in [0.2, 0.25) is 0 Å². The minimum atomic E-state index is -0.144. The van der Waals surface area contributed by atoms with E-state index in [4.69, 9.17) is 0 Å². The van der Waals surface area contributed by atoms with Gasteiger partial charge >= 0.3 is 5.97 Å². The van der Waals surface area contributed by atoms with E-state index in [0.29, 0.717) is 0 Å². The molecule has 0 amide bonds. The van der Waals surface area contributed by atoms with Crippen LogP contribution >= 0.6 is 0 Å². The van der Waals surface area contributed by atoms with Crippen molar-refractivity contribution in [2.24, 2.45) is 0 Å². The predicted molar refractivity (Wildman–Crippen MR) is 38.6 cm³/mol. The van der Waals surface area contributed by atoms with Crippen LogP contribution in [0.2, 0.25) is 0 Å². The number of methoxy groups -OCH3 is 1. The molecule has 0 N–H and O–H groups in total. The number of carbonyl (C=O) groups is 1. The summed E-state index contributed by atoms with van der Waals surface area (Å²) in [6.07, 6.45) is 3.07. The summed E-state index contributed by atoms with van der Waals surface area (Å²) < 4.78 is 4.61. The Kier molecular flexibility index (Phi) is 2.10. The van der Waals surface area contributed by atoms with Gasteiger partial charge < -0.3 is 4.74 Å². The third-order valence-corrected chi connectivity index (χ3v) is 1.93. The van der Waals surface area contributed by atoms with Gasteiger partial charge in [0.05, 0.1) is 7.11 Å². The van der Waals surface area contributed by atoms with E-state index in [0.717, 1.165) is 24.8 Å². The molecule has 0 heterocycles. The quantitative estimate of drug-likeness (QED) is 0.518. The van der Waals surface area contributed by atoms with Gasteiger partial charge in [-0.1, -0.05) is 5.57 Å². The second-order valence-electron chi connectivity index (χ2n) is 2.60. The maximum absolute atomic E-state index is 10.9. The van der Waals surface area contributed by atoms with Crippen molar-refractivity contribution in [1.82, 2.24) is 0 Å². The van der Waals surface area contributed by atoms with Gasteiger partial charge in [0.15, 0.2) is 0 Å². The molecule has 0 fully saturated rings. The van der Waals surface area contributed by atoms with Crippen LogP contribution in [0.3, 0.4) is 0 Å². The molecule has 0 atom stereocenters. The number of carbonyl (C=O) groups excluding carboxylic acids is 1. The van der Waals surface area contributed by atoms with Crippen molar-refractivity contribution in [3.63, 3.8) is 0 Å². The van der Waals surface area contributed by atoms with Crippen LogP contribution in [0, 0.1) is 0 Å². The SMILES string of the molecule is COC(=O)C1=C(C)CCC1. The van der Waals surface area contributed by atoms with E-state index in [1.807, 2.05) is 6.92 Å². The Balaban J connectivity index is 2.71. The topological polar surface area (TPSA) is 26.3 Å². The monoisotopic (exact) mass is 140 g/mol. The molecule has 10 heavy (non-hydrogen) atoms. The molecule has 0 aromatic carbocycles. The van der Waals surface area contributed by atoms with E-state index in [9.17, 15) is 4.79 Å².